The van der Waals surface area contributed by atoms with Crippen LogP contribution in [0, 0.1) is 0 Å². The first-order chi connectivity index (χ1) is 11.7. The maximum absolute atomic E-state index is 12.7. The van der Waals surface area contributed by atoms with Crippen LogP contribution in [0.1, 0.15) is 52.4 Å². The second-order valence-electron chi connectivity index (χ2n) is 6.56. The monoisotopic (exact) mass is 378 g/mol. The van der Waals surface area contributed by atoms with Crippen molar-refractivity contribution < 1.29 is 27.5 Å². The molecule has 0 radical (unpaired) electrons. The standard InChI is InChI=1S/C16H30N2O6S/c1-3-5-13(6-4-2)25(21,22)11-16(18,14(17)19)15(20)24-12-7-9-23-10-8-12/h12-13H,3-11,18H2,1-2H3,(H2,17,19). The zero-order valence-corrected chi connectivity index (χ0v) is 15.8. The third-order valence-electron chi connectivity index (χ3n) is 4.40. The molecule has 1 heterocycles. The van der Waals surface area contributed by atoms with Crippen LogP contribution in [-0.4, -0.2) is 56.2 Å². The Kier molecular flexibility index (Phi) is 8.30. The lowest BCUT2D eigenvalue weighted by atomic mass is 10.0. The van der Waals surface area contributed by atoms with E-state index in [1.807, 2.05) is 13.8 Å². The summed E-state index contributed by atoms with van der Waals surface area (Å²) in [7, 11) is -3.79. The predicted octanol–water partition coefficient (Wildman–Crippen LogP) is 0.275. The molecule has 9 heteroatoms. The molecule has 0 aromatic rings. The van der Waals surface area contributed by atoms with Crippen molar-refractivity contribution in [3.63, 3.8) is 0 Å². The van der Waals surface area contributed by atoms with E-state index in [0.29, 0.717) is 51.7 Å². The van der Waals surface area contributed by atoms with Crippen LogP contribution in [0.25, 0.3) is 0 Å². The number of nitrogens with two attached hydrogens (primary N) is 2. The number of hydrogen-bond donors (Lipinski definition) is 2. The number of carbonyl (C=O) groups excluding carboxylic acids is 2. The van der Waals surface area contributed by atoms with Gasteiger partial charge in [0, 0.05) is 12.8 Å². The molecule has 1 saturated heterocycles. The van der Waals surface area contributed by atoms with Crippen molar-refractivity contribution in [2.24, 2.45) is 11.5 Å². The molecule has 1 atom stereocenters. The van der Waals surface area contributed by atoms with Gasteiger partial charge in [-0.3, -0.25) is 4.79 Å². The van der Waals surface area contributed by atoms with Gasteiger partial charge in [-0.1, -0.05) is 26.7 Å². The van der Waals surface area contributed by atoms with Crippen molar-refractivity contribution in [1.82, 2.24) is 0 Å². The third-order valence-corrected chi connectivity index (χ3v) is 6.75. The molecule has 8 nitrogen and oxygen atoms in total. The van der Waals surface area contributed by atoms with Gasteiger partial charge in [0.1, 0.15) is 6.10 Å². The fourth-order valence-corrected chi connectivity index (χ4v) is 5.18. The minimum absolute atomic E-state index is 0.430. The first kappa shape index (κ1) is 21.9. The highest BCUT2D eigenvalue weighted by Crippen LogP contribution is 2.21. The van der Waals surface area contributed by atoms with Crippen LogP contribution in [0.4, 0.5) is 0 Å². The van der Waals surface area contributed by atoms with E-state index in [4.69, 9.17) is 20.9 Å². The summed E-state index contributed by atoms with van der Waals surface area (Å²) in [5.41, 5.74) is 8.76. The molecule has 0 aromatic carbocycles. The van der Waals surface area contributed by atoms with Crippen LogP contribution < -0.4 is 11.5 Å². The molecular weight excluding hydrogens is 348 g/mol. The summed E-state index contributed by atoms with van der Waals surface area (Å²) in [5.74, 6) is -3.11. The number of rotatable bonds is 10. The van der Waals surface area contributed by atoms with Gasteiger partial charge in [-0.15, -0.1) is 0 Å². The van der Waals surface area contributed by atoms with Crippen molar-refractivity contribution in [3.05, 3.63) is 0 Å². The van der Waals surface area contributed by atoms with Gasteiger partial charge in [0.05, 0.1) is 24.2 Å². The molecule has 0 bridgehead atoms. The van der Waals surface area contributed by atoms with Gasteiger partial charge < -0.3 is 20.9 Å². The number of esters is 1. The van der Waals surface area contributed by atoms with Gasteiger partial charge in [-0.2, -0.15) is 0 Å². The molecule has 0 aliphatic carbocycles. The smallest absolute Gasteiger partial charge is 0.337 e. The van der Waals surface area contributed by atoms with E-state index in [9.17, 15) is 18.0 Å². The average Bonchev–Trinajstić information content (AvgIpc) is 2.54. The number of hydrogen-bond acceptors (Lipinski definition) is 7. The van der Waals surface area contributed by atoms with E-state index in [1.54, 1.807) is 0 Å². The van der Waals surface area contributed by atoms with Crippen molar-refractivity contribution in [2.75, 3.05) is 19.0 Å². The van der Waals surface area contributed by atoms with Crippen molar-refractivity contribution >= 4 is 21.7 Å². The Morgan fingerprint density at radius 3 is 2.16 bits per heavy atom. The average molecular weight is 378 g/mol. The first-order valence-corrected chi connectivity index (χ1v) is 10.5. The summed E-state index contributed by atoms with van der Waals surface area (Å²) in [6.07, 6.45) is 2.73. The van der Waals surface area contributed by atoms with Crippen molar-refractivity contribution in [3.8, 4) is 0 Å². The van der Waals surface area contributed by atoms with Crippen LogP contribution in [0.2, 0.25) is 0 Å². The SMILES string of the molecule is CCCC(CCC)S(=O)(=O)CC(N)(C(N)=O)C(=O)OC1CCOCC1. The van der Waals surface area contributed by atoms with Crippen LogP contribution in [-0.2, 0) is 28.9 Å². The lowest BCUT2D eigenvalue weighted by Crippen LogP contribution is -2.64. The number of sulfone groups is 1. The summed E-state index contributed by atoms with van der Waals surface area (Å²) < 4.78 is 35.8. The number of carbonyl (C=O) groups is 2. The molecule has 1 aliphatic heterocycles. The Balaban J connectivity index is 2.95. The van der Waals surface area contributed by atoms with Gasteiger partial charge in [-0.25, -0.2) is 13.2 Å². The molecule has 1 amide bonds. The Bertz CT molecular complexity index is 553. The second-order valence-corrected chi connectivity index (χ2v) is 8.84. The van der Waals surface area contributed by atoms with E-state index in [-0.39, 0.29) is 0 Å². The van der Waals surface area contributed by atoms with Gasteiger partial charge in [0.15, 0.2) is 9.84 Å². The van der Waals surface area contributed by atoms with Crippen molar-refractivity contribution in [1.29, 1.82) is 0 Å². The Hall–Kier alpha value is -1.19. The van der Waals surface area contributed by atoms with Crippen LogP contribution in [0.15, 0.2) is 0 Å². The fourth-order valence-electron chi connectivity index (χ4n) is 2.86. The topological polar surface area (TPSA) is 139 Å². The van der Waals surface area contributed by atoms with Crippen molar-refractivity contribution in [2.45, 2.75) is 69.3 Å². The normalized spacial score (nSPS) is 18.7. The quantitative estimate of drug-likeness (QED) is 0.411. The Morgan fingerprint density at radius 1 is 1.20 bits per heavy atom. The molecule has 1 unspecified atom stereocenters. The van der Waals surface area contributed by atoms with E-state index in [0.717, 1.165) is 0 Å². The highest BCUT2D eigenvalue weighted by atomic mass is 32.2. The summed E-state index contributed by atoms with van der Waals surface area (Å²) in [5, 5.41) is -0.652. The molecule has 25 heavy (non-hydrogen) atoms. The highest BCUT2D eigenvalue weighted by Gasteiger charge is 2.48. The molecule has 0 spiro atoms. The zero-order chi connectivity index (χ0) is 19.1. The zero-order valence-electron chi connectivity index (χ0n) is 15.0. The summed E-state index contributed by atoms with van der Waals surface area (Å²) >= 11 is 0. The van der Waals surface area contributed by atoms with E-state index < -0.39 is 44.4 Å². The predicted molar refractivity (Wildman–Crippen MR) is 93.4 cm³/mol. The number of primary amides is 1. The Morgan fingerprint density at radius 2 is 1.72 bits per heavy atom. The second kappa shape index (κ2) is 9.49. The van der Waals surface area contributed by atoms with Gasteiger partial charge in [0.2, 0.25) is 11.4 Å². The minimum Gasteiger partial charge on any atom is -0.460 e. The Labute approximate surface area is 149 Å². The fraction of sp³-hybridized carbons (Fsp3) is 0.875. The minimum atomic E-state index is -3.79. The number of amides is 1. The maximum Gasteiger partial charge on any atom is 0.337 e. The lowest BCUT2D eigenvalue weighted by molar-refractivity contribution is -0.161. The summed E-state index contributed by atoms with van der Waals surface area (Å²) in [4.78, 5) is 24.3. The molecule has 0 saturated carbocycles. The molecule has 0 aromatic heterocycles. The van der Waals surface area contributed by atoms with E-state index in [2.05, 4.69) is 0 Å². The van der Waals surface area contributed by atoms with Crippen LogP contribution in [0.3, 0.4) is 0 Å². The molecule has 146 valence electrons. The largest absolute Gasteiger partial charge is 0.460 e. The first-order valence-electron chi connectivity index (χ1n) is 8.76. The number of ether oxygens (including phenoxy) is 2. The van der Waals surface area contributed by atoms with Gasteiger partial charge >= 0.3 is 5.97 Å². The molecular formula is C16H30N2O6S. The molecule has 4 N–H and O–H groups in total. The molecule has 1 fully saturated rings. The van der Waals surface area contributed by atoms with Gasteiger partial charge in [-0.05, 0) is 12.8 Å². The van der Waals surface area contributed by atoms with Crippen LogP contribution >= 0.6 is 0 Å². The van der Waals surface area contributed by atoms with Crippen LogP contribution in [0.5, 0.6) is 0 Å². The van der Waals surface area contributed by atoms with E-state index in [1.165, 1.54) is 0 Å². The third kappa shape index (κ3) is 5.93. The highest BCUT2D eigenvalue weighted by molar-refractivity contribution is 7.92. The van der Waals surface area contributed by atoms with Gasteiger partial charge in [0.25, 0.3) is 0 Å². The lowest BCUT2D eigenvalue weighted by Gasteiger charge is -2.29. The summed E-state index contributed by atoms with van der Waals surface area (Å²) in [6.45, 7) is 4.61. The molecule has 1 aliphatic rings. The van der Waals surface area contributed by atoms with E-state index >= 15 is 0 Å². The summed E-state index contributed by atoms with van der Waals surface area (Å²) in [6, 6.07) is 0. The molecule has 1 rings (SSSR count). The maximum atomic E-state index is 12.7.